The molecule has 1 unspecified atom stereocenters. The average Bonchev–Trinajstić information content (AvgIpc) is 2.52. The van der Waals surface area contributed by atoms with Crippen LogP contribution in [0.1, 0.15) is 36.8 Å². The summed E-state index contributed by atoms with van der Waals surface area (Å²) < 4.78 is 12.1. The summed E-state index contributed by atoms with van der Waals surface area (Å²) in [5.41, 5.74) is 7.57. The molecule has 5 nitrogen and oxygen atoms in total. The maximum absolute atomic E-state index is 12.1. The molecule has 1 aromatic carbocycles. The molecule has 0 saturated heterocycles. The van der Waals surface area contributed by atoms with Crippen LogP contribution in [0.5, 0.6) is 0 Å². The normalized spacial score (nSPS) is 13.5. The lowest BCUT2D eigenvalue weighted by atomic mass is 9.93. The smallest absolute Gasteiger partial charge is 0.320 e. The number of aliphatic carboxylic acids is 2. The maximum atomic E-state index is 12.1. The van der Waals surface area contributed by atoms with Crippen molar-refractivity contribution in [1.29, 1.82) is 0 Å². The number of rotatable bonds is 11. The molecule has 4 N–H and O–H groups in total. The number of hydrogen-bond acceptors (Lipinski definition) is 3. The van der Waals surface area contributed by atoms with Crippen LogP contribution in [0.4, 0.5) is 4.39 Å². The second-order valence-corrected chi connectivity index (χ2v) is 5.72. The minimum absolute atomic E-state index is 0.0627. The third-order valence-corrected chi connectivity index (χ3v) is 3.84. The van der Waals surface area contributed by atoms with Gasteiger partial charge in [0.2, 0.25) is 0 Å². The predicted molar refractivity (Wildman–Crippen MR) is 85.0 cm³/mol. The van der Waals surface area contributed by atoms with Crippen molar-refractivity contribution >= 4 is 11.9 Å². The second kappa shape index (κ2) is 9.94. The van der Waals surface area contributed by atoms with Crippen LogP contribution in [-0.4, -0.2) is 34.9 Å². The van der Waals surface area contributed by atoms with Crippen molar-refractivity contribution in [2.75, 3.05) is 6.67 Å². The zero-order valence-corrected chi connectivity index (χ0v) is 13.1. The number of hydrogen-bond donors (Lipinski definition) is 3. The Kier molecular flexibility index (Phi) is 8.26. The highest BCUT2D eigenvalue weighted by Crippen LogP contribution is 2.17. The van der Waals surface area contributed by atoms with Crippen LogP contribution in [0.2, 0.25) is 0 Å². The van der Waals surface area contributed by atoms with Crippen molar-refractivity contribution in [3.63, 3.8) is 0 Å². The average molecular weight is 325 g/mol. The first kappa shape index (κ1) is 19.1. The van der Waals surface area contributed by atoms with Gasteiger partial charge in [-0.3, -0.25) is 14.0 Å². The molecule has 0 amide bonds. The van der Waals surface area contributed by atoms with Crippen LogP contribution < -0.4 is 5.73 Å². The summed E-state index contributed by atoms with van der Waals surface area (Å²) in [4.78, 5) is 21.9. The highest BCUT2D eigenvalue weighted by atomic mass is 19.1. The first-order valence-corrected chi connectivity index (χ1v) is 7.79. The number of carboxylic acid groups (broad SMARTS) is 2. The summed E-state index contributed by atoms with van der Waals surface area (Å²) in [5.74, 6) is -2.94. The highest BCUT2D eigenvalue weighted by Gasteiger charge is 2.23. The summed E-state index contributed by atoms with van der Waals surface area (Å²) in [6.45, 7) is -0.323. The number of benzene rings is 1. The largest absolute Gasteiger partial charge is 0.481 e. The van der Waals surface area contributed by atoms with Gasteiger partial charge >= 0.3 is 11.9 Å². The van der Waals surface area contributed by atoms with Gasteiger partial charge < -0.3 is 15.9 Å². The van der Waals surface area contributed by atoms with Crippen molar-refractivity contribution in [3.05, 3.63) is 35.4 Å². The first-order chi connectivity index (χ1) is 10.9. The van der Waals surface area contributed by atoms with Gasteiger partial charge in [0.15, 0.2) is 0 Å². The molecule has 128 valence electrons. The predicted octanol–water partition coefficient (Wildman–Crippen LogP) is 2.41. The zero-order valence-electron chi connectivity index (χ0n) is 13.1. The topological polar surface area (TPSA) is 101 Å². The van der Waals surface area contributed by atoms with E-state index < -0.39 is 23.9 Å². The van der Waals surface area contributed by atoms with Gasteiger partial charge in [-0.05, 0) is 49.7 Å². The fraction of sp³-hybridized carbons (Fsp3) is 0.529. The fourth-order valence-corrected chi connectivity index (χ4v) is 2.45. The zero-order chi connectivity index (χ0) is 17.2. The molecule has 0 bridgehead atoms. The Bertz CT molecular complexity index is 504. The molecule has 0 aliphatic rings. The van der Waals surface area contributed by atoms with Crippen LogP contribution in [0.25, 0.3) is 0 Å². The lowest BCUT2D eigenvalue weighted by Gasteiger charge is -2.14. The summed E-state index contributed by atoms with van der Waals surface area (Å²) in [5, 5.41) is 17.9. The molecule has 0 radical (unpaired) electrons. The van der Waals surface area contributed by atoms with E-state index in [9.17, 15) is 14.0 Å². The van der Waals surface area contributed by atoms with Gasteiger partial charge in [-0.1, -0.05) is 24.3 Å². The highest BCUT2D eigenvalue weighted by molar-refractivity contribution is 5.75. The number of aryl methyl sites for hydroxylation is 2. The SMILES string of the molecule is N[C@@H](CC(CCCc1ccc(CCCF)cc1)C(=O)O)C(=O)O. The van der Waals surface area contributed by atoms with E-state index >= 15 is 0 Å². The number of carboxylic acids is 2. The summed E-state index contributed by atoms with van der Waals surface area (Å²) in [7, 11) is 0. The lowest BCUT2D eigenvalue weighted by Crippen LogP contribution is -2.34. The van der Waals surface area contributed by atoms with Crippen molar-refractivity contribution < 1.29 is 24.2 Å². The number of alkyl halides is 1. The fourth-order valence-electron chi connectivity index (χ4n) is 2.45. The van der Waals surface area contributed by atoms with Crippen molar-refractivity contribution in [1.82, 2.24) is 0 Å². The second-order valence-electron chi connectivity index (χ2n) is 5.72. The first-order valence-electron chi connectivity index (χ1n) is 7.79. The van der Waals surface area contributed by atoms with E-state index in [4.69, 9.17) is 15.9 Å². The van der Waals surface area contributed by atoms with Crippen molar-refractivity contribution in [2.45, 2.75) is 44.6 Å². The minimum Gasteiger partial charge on any atom is -0.481 e. The van der Waals surface area contributed by atoms with E-state index in [2.05, 4.69) is 0 Å². The number of nitrogens with two attached hydrogens (primary N) is 1. The molecule has 0 spiro atoms. The molecule has 0 saturated carbocycles. The Labute approximate surface area is 135 Å². The van der Waals surface area contributed by atoms with E-state index in [0.29, 0.717) is 25.7 Å². The third-order valence-electron chi connectivity index (χ3n) is 3.84. The molecule has 1 aromatic rings. The van der Waals surface area contributed by atoms with Crippen molar-refractivity contribution in [2.24, 2.45) is 11.7 Å². The van der Waals surface area contributed by atoms with Crippen LogP contribution >= 0.6 is 0 Å². The molecule has 6 heteroatoms. The Morgan fingerprint density at radius 3 is 1.96 bits per heavy atom. The minimum atomic E-state index is -1.18. The van der Waals surface area contributed by atoms with E-state index in [-0.39, 0.29) is 13.1 Å². The van der Waals surface area contributed by atoms with Crippen LogP contribution in [0.3, 0.4) is 0 Å². The molecule has 1 rings (SSSR count). The van der Waals surface area contributed by atoms with E-state index in [1.807, 2.05) is 24.3 Å². The molecule has 2 atom stereocenters. The molecule has 0 fully saturated rings. The van der Waals surface area contributed by atoms with E-state index in [1.54, 1.807) is 0 Å². The quantitative estimate of drug-likeness (QED) is 0.580. The van der Waals surface area contributed by atoms with Gasteiger partial charge in [0.1, 0.15) is 6.04 Å². The molecule has 0 heterocycles. The van der Waals surface area contributed by atoms with Gasteiger partial charge in [0.25, 0.3) is 0 Å². The Hall–Kier alpha value is -1.95. The van der Waals surface area contributed by atoms with Gasteiger partial charge in [0.05, 0.1) is 12.6 Å². The molecule has 23 heavy (non-hydrogen) atoms. The lowest BCUT2D eigenvalue weighted by molar-refractivity contribution is -0.143. The Morgan fingerprint density at radius 2 is 1.52 bits per heavy atom. The van der Waals surface area contributed by atoms with Gasteiger partial charge in [0, 0.05) is 0 Å². The number of carbonyl (C=O) groups is 2. The Balaban J connectivity index is 2.43. The summed E-state index contributed by atoms with van der Waals surface area (Å²) >= 11 is 0. The molecular weight excluding hydrogens is 301 g/mol. The van der Waals surface area contributed by atoms with Gasteiger partial charge in [-0.25, -0.2) is 0 Å². The molecule has 0 aliphatic carbocycles. The van der Waals surface area contributed by atoms with Gasteiger partial charge in [-0.15, -0.1) is 0 Å². The van der Waals surface area contributed by atoms with Crippen LogP contribution in [-0.2, 0) is 22.4 Å². The van der Waals surface area contributed by atoms with Crippen LogP contribution in [0, 0.1) is 5.92 Å². The van der Waals surface area contributed by atoms with Crippen LogP contribution in [0.15, 0.2) is 24.3 Å². The van der Waals surface area contributed by atoms with Crippen molar-refractivity contribution in [3.8, 4) is 0 Å². The van der Waals surface area contributed by atoms with E-state index in [0.717, 1.165) is 17.5 Å². The Morgan fingerprint density at radius 1 is 1.00 bits per heavy atom. The standard InChI is InChI=1S/C17H24FNO4/c18-10-2-4-13-8-6-12(7-9-13)3-1-5-14(16(20)21)11-15(19)17(22)23/h6-9,14-15H,1-5,10-11,19H2,(H,20,21)(H,22,23)/t14?,15-/m0/s1. The maximum Gasteiger partial charge on any atom is 0.320 e. The summed E-state index contributed by atoms with van der Waals surface area (Å²) in [6, 6.07) is 6.70. The molecule has 0 aromatic heterocycles. The van der Waals surface area contributed by atoms with Gasteiger partial charge in [-0.2, -0.15) is 0 Å². The third kappa shape index (κ3) is 7.23. The molecular formula is C17H24FNO4. The summed E-state index contributed by atoms with van der Waals surface area (Å²) in [6.07, 6.45) is 2.92. The van der Waals surface area contributed by atoms with E-state index in [1.165, 1.54) is 0 Å². The molecule has 0 aliphatic heterocycles. The monoisotopic (exact) mass is 325 g/mol. The number of halogens is 1.